The van der Waals surface area contributed by atoms with Gasteiger partial charge < -0.3 is 0 Å². The van der Waals surface area contributed by atoms with Gasteiger partial charge in [-0.2, -0.15) is 0 Å². The van der Waals surface area contributed by atoms with Gasteiger partial charge in [0.05, 0.1) is 11.0 Å². The summed E-state index contributed by atoms with van der Waals surface area (Å²) in [5, 5.41) is 2.78. The zero-order valence-electron chi connectivity index (χ0n) is 9.66. The summed E-state index contributed by atoms with van der Waals surface area (Å²) in [6.45, 7) is 4.08. The molecule has 3 rings (SSSR count). The second-order valence-corrected chi connectivity index (χ2v) is 4.68. The van der Waals surface area contributed by atoms with Crippen molar-refractivity contribution < 1.29 is 0 Å². The number of nitrogens with zero attached hydrogens (tertiary/aromatic N) is 2. The first-order valence-corrected chi connectivity index (χ1v) is 5.85. The molecule has 0 fully saturated rings. The second-order valence-electron chi connectivity index (χ2n) is 4.25. The second kappa shape index (κ2) is 3.67. The first-order valence-electron chi connectivity index (χ1n) is 5.47. The Kier molecular flexibility index (Phi) is 2.26. The summed E-state index contributed by atoms with van der Waals surface area (Å²) in [6, 6.07) is 7.82. The van der Waals surface area contributed by atoms with Crippen molar-refractivity contribution in [1.82, 2.24) is 9.97 Å². The normalized spacial score (nSPS) is 11.2. The highest BCUT2D eigenvalue weighted by atomic mass is 35.5. The van der Waals surface area contributed by atoms with Gasteiger partial charge >= 0.3 is 0 Å². The summed E-state index contributed by atoms with van der Waals surface area (Å²) in [5.41, 5.74) is 4.13. The van der Waals surface area contributed by atoms with E-state index in [4.69, 9.17) is 11.6 Å². The van der Waals surface area contributed by atoms with Gasteiger partial charge in [-0.1, -0.05) is 11.6 Å². The lowest BCUT2D eigenvalue weighted by Crippen LogP contribution is -1.91. The van der Waals surface area contributed by atoms with Gasteiger partial charge in [-0.05, 0) is 43.7 Å². The van der Waals surface area contributed by atoms with E-state index in [1.807, 2.05) is 31.3 Å². The molecule has 0 aliphatic heterocycles. The number of aromatic nitrogens is 2. The lowest BCUT2D eigenvalue weighted by atomic mass is 10.1. The van der Waals surface area contributed by atoms with Crippen molar-refractivity contribution in [2.75, 3.05) is 0 Å². The molecule has 1 aromatic carbocycles. The van der Waals surface area contributed by atoms with Gasteiger partial charge in [0, 0.05) is 27.7 Å². The van der Waals surface area contributed by atoms with E-state index < -0.39 is 0 Å². The summed E-state index contributed by atoms with van der Waals surface area (Å²) in [5.74, 6) is 0. The Hall–Kier alpha value is -1.67. The molecule has 0 aliphatic rings. The number of hydrogen-bond donors (Lipinski definition) is 0. The first kappa shape index (κ1) is 10.5. The maximum Gasteiger partial charge on any atom is 0.0815 e. The fraction of sp³-hybridized carbons (Fsp3) is 0.143. The van der Waals surface area contributed by atoms with Crippen LogP contribution in [0.15, 0.2) is 30.5 Å². The number of fused-ring (bicyclic) bond motifs is 3. The van der Waals surface area contributed by atoms with Crippen LogP contribution in [0.5, 0.6) is 0 Å². The Morgan fingerprint density at radius 2 is 1.94 bits per heavy atom. The summed E-state index contributed by atoms with van der Waals surface area (Å²) < 4.78 is 0. The van der Waals surface area contributed by atoms with Gasteiger partial charge in [0.25, 0.3) is 0 Å². The van der Waals surface area contributed by atoms with Crippen LogP contribution in [0.2, 0.25) is 5.02 Å². The monoisotopic (exact) mass is 242 g/mol. The molecule has 84 valence electrons. The number of rotatable bonds is 0. The third kappa shape index (κ3) is 1.65. The molecule has 2 nitrogen and oxygen atoms in total. The van der Waals surface area contributed by atoms with Crippen LogP contribution >= 0.6 is 11.6 Å². The standard InChI is InChI=1S/C14H11ClN2/c1-8-5-10-7-16-13-4-3-11(15)6-12(13)14(10)17-9(8)2/h3-7H,1-2H3. The lowest BCUT2D eigenvalue weighted by molar-refractivity contribution is 1.20. The number of hydrogen-bond acceptors (Lipinski definition) is 2. The topological polar surface area (TPSA) is 25.8 Å². The molecule has 0 unspecified atom stereocenters. The third-order valence-corrected chi connectivity index (χ3v) is 3.29. The molecule has 0 radical (unpaired) electrons. The van der Waals surface area contributed by atoms with Crippen LogP contribution in [-0.2, 0) is 0 Å². The Morgan fingerprint density at radius 1 is 1.12 bits per heavy atom. The van der Waals surface area contributed by atoms with Gasteiger partial charge in [-0.15, -0.1) is 0 Å². The number of halogens is 1. The molecule has 0 N–H and O–H groups in total. The molecule has 2 aromatic heterocycles. The minimum atomic E-state index is 0.715. The molecule has 0 atom stereocenters. The van der Waals surface area contributed by atoms with Crippen LogP contribution in [0.4, 0.5) is 0 Å². The van der Waals surface area contributed by atoms with Crippen LogP contribution in [0.3, 0.4) is 0 Å². The largest absolute Gasteiger partial charge is 0.255 e. The van der Waals surface area contributed by atoms with Crippen molar-refractivity contribution in [3.8, 4) is 0 Å². The Balaban J connectivity index is 2.53. The highest BCUT2D eigenvalue weighted by Gasteiger charge is 2.05. The number of benzene rings is 1. The van der Waals surface area contributed by atoms with Crippen molar-refractivity contribution in [2.24, 2.45) is 0 Å². The zero-order chi connectivity index (χ0) is 12.0. The molecule has 2 heterocycles. The quantitative estimate of drug-likeness (QED) is 0.556. The highest BCUT2D eigenvalue weighted by molar-refractivity contribution is 6.31. The zero-order valence-corrected chi connectivity index (χ0v) is 10.4. The molecular formula is C14H11ClN2. The molecule has 0 saturated heterocycles. The highest BCUT2D eigenvalue weighted by Crippen LogP contribution is 2.25. The van der Waals surface area contributed by atoms with Crippen LogP contribution in [0.1, 0.15) is 11.3 Å². The van der Waals surface area contributed by atoms with E-state index >= 15 is 0 Å². The lowest BCUT2D eigenvalue weighted by Gasteiger charge is -2.06. The van der Waals surface area contributed by atoms with E-state index in [1.54, 1.807) is 0 Å². The van der Waals surface area contributed by atoms with Crippen molar-refractivity contribution in [1.29, 1.82) is 0 Å². The average molecular weight is 243 g/mol. The van der Waals surface area contributed by atoms with Crippen molar-refractivity contribution in [3.63, 3.8) is 0 Å². The molecule has 0 spiro atoms. The first-order chi connectivity index (χ1) is 8.15. The fourth-order valence-corrected chi connectivity index (χ4v) is 2.16. The molecule has 3 heteroatoms. The van der Waals surface area contributed by atoms with E-state index in [1.165, 1.54) is 5.56 Å². The average Bonchev–Trinajstić information content (AvgIpc) is 2.31. The van der Waals surface area contributed by atoms with E-state index in [0.717, 1.165) is 27.5 Å². The van der Waals surface area contributed by atoms with Crippen LogP contribution in [-0.4, -0.2) is 9.97 Å². The summed E-state index contributed by atoms with van der Waals surface area (Å²) in [6.07, 6.45) is 1.87. The maximum atomic E-state index is 6.03. The third-order valence-electron chi connectivity index (χ3n) is 3.05. The van der Waals surface area contributed by atoms with Gasteiger partial charge in [0.2, 0.25) is 0 Å². The van der Waals surface area contributed by atoms with Crippen LogP contribution in [0, 0.1) is 13.8 Å². The minimum absolute atomic E-state index is 0.715. The predicted molar refractivity (Wildman–Crippen MR) is 71.5 cm³/mol. The van der Waals surface area contributed by atoms with E-state index in [9.17, 15) is 0 Å². The molecule has 3 aromatic rings. The predicted octanol–water partition coefficient (Wildman–Crippen LogP) is 4.05. The Bertz CT molecular complexity index is 735. The Labute approximate surface area is 104 Å². The van der Waals surface area contributed by atoms with Crippen molar-refractivity contribution >= 4 is 33.4 Å². The summed E-state index contributed by atoms with van der Waals surface area (Å²) >= 11 is 6.03. The van der Waals surface area contributed by atoms with E-state index in [0.29, 0.717) is 5.02 Å². The van der Waals surface area contributed by atoms with E-state index in [-0.39, 0.29) is 0 Å². The molecule has 0 amide bonds. The maximum absolute atomic E-state index is 6.03. The molecular weight excluding hydrogens is 232 g/mol. The van der Waals surface area contributed by atoms with Crippen molar-refractivity contribution in [2.45, 2.75) is 13.8 Å². The smallest absolute Gasteiger partial charge is 0.0815 e. The number of pyridine rings is 2. The molecule has 0 saturated carbocycles. The molecule has 0 bridgehead atoms. The van der Waals surface area contributed by atoms with Gasteiger partial charge in [0.15, 0.2) is 0 Å². The summed E-state index contributed by atoms with van der Waals surface area (Å²) in [4.78, 5) is 9.07. The van der Waals surface area contributed by atoms with Crippen LogP contribution in [0.25, 0.3) is 21.8 Å². The van der Waals surface area contributed by atoms with Gasteiger partial charge in [0.1, 0.15) is 0 Å². The summed E-state index contributed by atoms with van der Waals surface area (Å²) in [7, 11) is 0. The molecule has 17 heavy (non-hydrogen) atoms. The SMILES string of the molecule is Cc1cc2cnc3ccc(Cl)cc3c2nc1C. The van der Waals surface area contributed by atoms with Gasteiger partial charge in [-0.3, -0.25) is 9.97 Å². The molecule has 0 aliphatic carbocycles. The minimum Gasteiger partial charge on any atom is -0.255 e. The Morgan fingerprint density at radius 3 is 2.76 bits per heavy atom. The fourth-order valence-electron chi connectivity index (χ4n) is 1.99. The van der Waals surface area contributed by atoms with Crippen molar-refractivity contribution in [3.05, 3.63) is 46.7 Å². The number of aryl methyl sites for hydroxylation is 2. The van der Waals surface area contributed by atoms with Gasteiger partial charge in [-0.25, -0.2) is 0 Å². The van der Waals surface area contributed by atoms with Crippen LogP contribution < -0.4 is 0 Å². The van der Waals surface area contributed by atoms with E-state index in [2.05, 4.69) is 23.0 Å².